The van der Waals surface area contributed by atoms with Crippen molar-refractivity contribution in [2.75, 3.05) is 13.2 Å². The van der Waals surface area contributed by atoms with Crippen LogP contribution in [-0.2, 0) is 11.2 Å². The molecule has 4 nitrogen and oxygen atoms in total. The van der Waals surface area contributed by atoms with Crippen LogP contribution in [0, 0.1) is 11.7 Å². The number of imidazole rings is 1. The molecular formula is C20H17BrClFN2O2. The summed E-state index contributed by atoms with van der Waals surface area (Å²) in [6.45, 7) is 0.519. The topological polar surface area (TPSA) is 55.0 Å². The van der Waals surface area contributed by atoms with Gasteiger partial charge in [-0.15, -0.1) is 0 Å². The van der Waals surface area contributed by atoms with Gasteiger partial charge in [0.05, 0.1) is 18.5 Å². The van der Waals surface area contributed by atoms with Crippen LogP contribution < -0.4 is 0 Å². The van der Waals surface area contributed by atoms with Crippen LogP contribution in [0.15, 0.2) is 35.1 Å². The Balaban J connectivity index is 1.69. The first-order valence-electron chi connectivity index (χ1n) is 8.72. The standard InChI is InChI=1S/C20H17BrClFN2O2/c21-13-4-3-12(16(22)6-13)5-15-14(18(26)9-27-8-11-1-2-11)7-17-20(19(15)23)25-10-24-17/h3-4,6-7,10-11H,1-2,5,8-9H2,(H,24,25). The summed E-state index contributed by atoms with van der Waals surface area (Å²) < 4.78 is 21.5. The zero-order chi connectivity index (χ0) is 19.0. The number of Topliss-reactive ketones (excluding diaryl/α,β-unsaturated/α-hetero) is 1. The zero-order valence-electron chi connectivity index (χ0n) is 14.4. The first-order chi connectivity index (χ1) is 13.0. The predicted octanol–water partition coefficient (Wildman–Crippen LogP) is 5.32. The summed E-state index contributed by atoms with van der Waals surface area (Å²) in [7, 11) is 0. The van der Waals surface area contributed by atoms with Gasteiger partial charge in [-0.2, -0.15) is 0 Å². The fraction of sp³-hybridized carbons (Fsp3) is 0.300. The minimum atomic E-state index is -0.502. The fourth-order valence-electron chi connectivity index (χ4n) is 3.04. The maximum Gasteiger partial charge on any atom is 0.188 e. The number of aromatic nitrogens is 2. The first-order valence-corrected chi connectivity index (χ1v) is 9.89. The van der Waals surface area contributed by atoms with Gasteiger partial charge in [-0.1, -0.05) is 33.6 Å². The van der Waals surface area contributed by atoms with Crippen molar-refractivity contribution in [3.8, 4) is 0 Å². The van der Waals surface area contributed by atoms with Crippen LogP contribution in [-0.4, -0.2) is 29.0 Å². The number of hydrogen-bond donors (Lipinski definition) is 1. The summed E-state index contributed by atoms with van der Waals surface area (Å²) in [5.41, 5.74) is 2.04. The Morgan fingerprint density at radius 1 is 1.37 bits per heavy atom. The van der Waals surface area contributed by atoms with E-state index in [1.165, 1.54) is 6.33 Å². The molecule has 1 N–H and O–H groups in total. The van der Waals surface area contributed by atoms with E-state index in [1.807, 2.05) is 12.1 Å². The average Bonchev–Trinajstić information content (AvgIpc) is 3.33. The Morgan fingerprint density at radius 2 is 2.19 bits per heavy atom. The number of benzene rings is 2. The molecule has 4 rings (SSSR count). The van der Waals surface area contributed by atoms with Crippen molar-refractivity contribution in [3.05, 3.63) is 62.6 Å². The van der Waals surface area contributed by atoms with Crippen molar-refractivity contribution in [2.45, 2.75) is 19.3 Å². The van der Waals surface area contributed by atoms with Crippen LogP contribution in [0.25, 0.3) is 11.0 Å². The van der Waals surface area contributed by atoms with Gasteiger partial charge in [0, 0.05) is 27.0 Å². The van der Waals surface area contributed by atoms with Crippen LogP contribution in [0.4, 0.5) is 4.39 Å². The smallest absolute Gasteiger partial charge is 0.188 e. The van der Waals surface area contributed by atoms with E-state index >= 15 is 4.39 Å². The van der Waals surface area contributed by atoms with E-state index < -0.39 is 5.82 Å². The van der Waals surface area contributed by atoms with E-state index in [1.54, 1.807) is 12.1 Å². The molecule has 0 spiro atoms. The maximum absolute atomic E-state index is 15.2. The van der Waals surface area contributed by atoms with Gasteiger partial charge in [-0.25, -0.2) is 9.37 Å². The third-order valence-corrected chi connectivity index (χ3v) is 5.57. The minimum Gasteiger partial charge on any atom is -0.373 e. The van der Waals surface area contributed by atoms with Gasteiger partial charge >= 0.3 is 0 Å². The third kappa shape index (κ3) is 4.08. The number of ketones is 1. The number of H-pyrrole nitrogens is 1. The third-order valence-electron chi connectivity index (χ3n) is 4.72. The van der Waals surface area contributed by atoms with Crippen LogP contribution in [0.1, 0.15) is 34.3 Å². The number of fused-ring (bicyclic) bond motifs is 1. The highest BCUT2D eigenvalue weighted by Crippen LogP contribution is 2.30. The van der Waals surface area contributed by atoms with Gasteiger partial charge in [0.2, 0.25) is 0 Å². The molecule has 1 heterocycles. The largest absolute Gasteiger partial charge is 0.373 e. The molecule has 0 atom stereocenters. The molecule has 3 aromatic rings. The molecule has 140 valence electrons. The number of nitrogens with zero attached hydrogens (tertiary/aromatic N) is 1. The quantitative estimate of drug-likeness (QED) is 0.495. The number of nitrogens with one attached hydrogen (secondary N) is 1. The van der Waals surface area contributed by atoms with Crippen LogP contribution in [0.3, 0.4) is 0 Å². The molecule has 1 saturated carbocycles. The van der Waals surface area contributed by atoms with E-state index in [2.05, 4.69) is 25.9 Å². The molecule has 1 fully saturated rings. The lowest BCUT2D eigenvalue weighted by atomic mass is 9.95. The second kappa shape index (κ2) is 7.70. The summed E-state index contributed by atoms with van der Waals surface area (Å²) in [5.74, 6) is -0.182. The average molecular weight is 452 g/mol. The second-order valence-corrected chi connectivity index (χ2v) is 8.13. The van der Waals surface area contributed by atoms with Crippen molar-refractivity contribution < 1.29 is 13.9 Å². The van der Waals surface area contributed by atoms with E-state index in [-0.39, 0.29) is 24.3 Å². The molecule has 0 bridgehead atoms. The highest BCUT2D eigenvalue weighted by atomic mass is 79.9. The highest BCUT2D eigenvalue weighted by molar-refractivity contribution is 9.10. The minimum absolute atomic E-state index is 0.0589. The lowest BCUT2D eigenvalue weighted by Gasteiger charge is -2.12. The first kappa shape index (κ1) is 18.6. The van der Waals surface area contributed by atoms with E-state index in [9.17, 15) is 4.79 Å². The van der Waals surface area contributed by atoms with Gasteiger partial charge < -0.3 is 9.72 Å². The second-order valence-electron chi connectivity index (χ2n) is 6.81. The molecule has 0 saturated heterocycles. The molecule has 0 aliphatic heterocycles. The number of carbonyl (C=O) groups excluding carboxylic acids is 1. The number of halogens is 3. The Hall–Kier alpha value is -1.76. The molecule has 0 amide bonds. The molecule has 0 radical (unpaired) electrons. The van der Waals surface area contributed by atoms with Gasteiger partial charge in [0.15, 0.2) is 11.6 Å². The Kier molecular flexibility index (Phi) is 5.30. The van der Waals surface area contributed by atoms with Gasteiger partial charge in [0.25, 0.3) is 0 Å². The molecule has 7 heteroatoms. The summed E-state index contributed by atoms with van der Waals surface area (Å²) in [6.07, 6.45) is 3.92. The zero-order valence-corrected chi connectivity index (χ0v) is 16.7. The molecule has 0 unspecified atom stereocenters. The summed E-state index contributed by atoms with van der Waals surface area (Å²) in [5, 5.41) is 0.509. The van der Waals surface area contributed by atoms with Crippen LogP contribution >= 0.6 is 27.5 Å². The lowest BCUT2D eigenvalue weighted by Crippen LogP contribution is -2.14. The number of carbonyl (C=O) groups is 1. The summed E-state index contributed by atoms with van der Waals surface area (Å²) in [6, 6.07) is 7.06. The lowest BCUT2D eigenvalue weighted by molar-refractivity contribution is 0.0738. The number of aromatic amines is 1. The van der Waals surface area contributed by atoms with Crippen molar-refractivity contribution in [1.82, 2.24) is 9.97 Å². The van der Waals surface area contributed by atoms with Crippen LogP contribution in [0.5, 0.6) is 0 Å². The van der Waals surface area contributed by atoms with Gasteiger partial charge in [-0.3, -0.25) is 4.79 Å². The maximum atomic E-state index is 15.2. The number of ether oxygens (including phenoxy) is 1. The highest BCUT2D eigenvalue weighted by Gasteiger charge is 2.24. The molecule has 1 aliphatic rings. The molecule has 1 aromatic heterocycles. The van der Waals surface area contributed by atoms with E-state index in [0.29, 0.717) is 34.2 Å². The molecular weight excluding hydrogens is 435 g/mol. The monoisotopic (exact) mass is 450 g/mol. The van der Waals surface area contributed by atoms with Crippen molar-refractivity contribution in [2.24, 2.45) is 5.92 Å². The summed E-state index contributed by atoms with van der Waals surface area (Å²) in [4.78, 5) is 19.7. The SMILES string of the molecule is O=C(COCC1CC1)c1cc2[nH]cnc2c(F)c1Cc1ccc(Br)cc1Cl. The van der Waals surface area contributed by atoms with Crippen molar-refractivity contribution in [3.63, 3.8) is 0 Å². The Morgan fingerprint density at radius 3 is 2.93 bits per heavy atom. The Labute approximate surface area is 169 Å². The molecule has 2 aromatic carbocycles. The normalized spacial score (nSPS) is 14.0. The fourth-order valence-corrected chi connectivity index (χ4v) is 3.78. The Bertz CT molecular complexity index is 1020. The number of rotatable bonds is 7. The van der Waals surface area contributed by atoms with E-state index in [4.69, 9.17) is 16.3 Å². The van der Waals surface area contributed by atoms with E-state index in [0.717, 1.165) is 22.9 Å². The van der Waals surface area contributed by atoms with Crippen molar-refractivity contribution in [1.29, 1.82) is 0 Å². The predicted molar refractivity (Wildman–Crippen MR) is 106 cm³/mol. The molecule has 1 aliphatic carbocycles. The van der Waals surface area contributed by atoms with Crippen molar-refractivity contribution >= 4 is 44.3 Å². The summed E-state index contributed by atoms with van der Waals surface area (Å²) >= 11 is 9.67. The number of hydrogen-bond acceptors (Lipinski definition) is 3. The van der Waals surface area contributed by atoms with Gasteiger partial charge in [-0.05, 0) is 42.5 Å². The van der Waals surface area contributed by atoms with Crippen LogP contribution in [0.2, 0.25) is 5.02 Å². The molecule has 27 heavy (non-hydrogen) atoms. The van der Waals surface area contributed by atoms with Gasteiger partial charge in [0.1, 0.15) is 12.1 Å².